The van der Waals surface area contributed by atoms with Crippen molar-refractivity contribution in [1.29, 1.82) is 0 Å². The monoisotopic (exact) mass is 523 g/mol. The summed E-state index contributed by atoms with van der Waals surface area (Å²) in [6.07, 6.45) is 2.54. The third-order valence-corrected chi connectivity index (χ3v) is 7.76. The molecule has 4 atom stereocenters. The van der Waals surface area contributed by atoms with Crippen LogP contribution in [0, 0.1) is 0 Å². The van der Waals surface area contributed by atoms with Gasteiger partial charge in [0, 0.05) is 4.75 Å². The smallest absolute Gasteiger partial charge is 0.327 e. The van der Waals surface area contributed by atoms with Crippen molar-refractivity contribution in [2.45, 2.75) is 42.1 Å². The van der Waals surface area contributed by atoms with Crippen molar-refractivity contribution < 1.29 is 29.4 Å². The van der Waals surface area contributed by atoms with Gasteiger partial charge in [-0.2, -0.15) is 4.98 Å². The van der Waals surface area contributed by atoms with Crippen LogP contribution in [-0.2, 0) is 14.4 Å². The van der Waals surface area contributed by atoms with Gasteiger partial charge in [0.1, 0.15) is 35.3 Å². The molecule has 1 aromatic carbocycles. The average molecular weight is 524 g/mol. The van der Waals surface area contributed by atoms with E-state index in [9.17, 15) is 29.4 Å². The number of rotatable bonds is 6. The van der Waals surface area contributed by atoms with E-state index in [2.05, 4.69) is 30.6 Å². The van der Waals surface area contributed by atoms with Crippen LogP contribution in [0.2, 0.25) is 0 Å². The molecule has 14 heteroatoms. The van der Waals surface area contributed by atoms with Gasteiger partial charge in [-0.15, -0.1) is 11.8 Å². The highest BCUT2D eigenvalue weighted by molar-refractivity contribution is 8.01. The molecular weight excluding hydrogens is 502 g/mol. The fourth-order valence-corrected chi connectivity index (χ4v) is 6.11. The van der Waals surface area contributed by atoms with E-state index in [1.54, 1.807) is 44.2 Å². The number of aromatic hydroxyl groups is 1. The van der Waals surface area contributed by atoms with Gasteiger partial charge in [-0.25, -0.2) is 19.7 Å². The zero-order chi connectivity index (χ0) is 26.5. The fourth-order valence-electron chi connectivity index (χ4n) is 4.48. The Bertz CT molecular complexity index is 1440. The van der Waals surface area contributed by atoms with Gasteiger partial charge in [-0.3, -0.25) is 14.4 Å². The maximum Gasteiger partial charge on any atom is 0.327 e. The van der Waals surface area contributed by atoms with Crippen LogP contribution < -0.4 is 10.6 Å². The van der Waals surface area contributed by atoms with Crippen molar-refractivity contribution in [2.75, 3.05) is 0 Å². The van der Waals surface area contributed by atoms with Crippen LogP contribution >= 0.6 is 11.8 Å². The van der Waals surface area contributed by atoms with Crippen molar-refractivity contribution in [2.24, 2.45) is 0 Å². The van der Waals surface area contributed by atoms with E-state index < -0.39 is 63.5 Å². The summed E-state index contributed by atoms with van der Waals surface area (Å²) in [4.78, 5) is 67.9. The minimum Gasteiger partial charge on any atom is -0.492 e. The fraction of sp³-hybridized carbons (Fsp3) is 0.304. The number of β-lactam (4-membered cyclic amide) rings is 1. The lowest BCUT2D eigenvalue weighted by Gasteiger charge is -2.44. The molecule has 2 aromatic heterocycles. The van der Waals surface area contributed by atoms with Gasteiger partial charge in [0.05, 0.1) is 6.20 Å². The first-order chi connectivity index (χ1) is 17.6. The van der Waals surface area contributed by atoms with E-state index in [4.69, 9.17) is 0 Å². The summed E-state index contributed by atoms with van der Waals surface area (Å²) in [5, 5.41) is 24.5. The Morgan fingerprint density at radius 3 is 2.59 bits per heavy atom. The normalized spacial score (nSPS) is 22.6. The molecule has 0 bridgehead atoms. The third-order valence-electron chi connectivity index (χ3n) is 6.19. The van der Waals surface area contributed by atoms with Crippen LogP contribution in [-0.4, -0.2) is 80.9 Å². The molecule has 37 heavy (non-hydrogen) atoms. The summed E-state index contributed by atoms with van der Waals surface area (Å²) >= 11 is 1.29. The van der Waals surface area contributed by atoms with Crippen LogP contribution in [0.15, 0.2) is 42.9 Å². The lowest BCUT2D eigenvalue weighted by molar-refractivity contribution is -0.161. The zero-order valence-corrected chi connectivity index (χ0v) is 20.3. The predicted octanol–water partition coefficient (Wildman–Crippen LogP) is 0.228. The molecule has 2 aliphatic rings. The number of aromatic nitrogens is 4. The van der Waals surface area contributed by atoms with Gasteiger partial charge in [-0.05, 0) is 19.4 Å². The van der Waals surface area contributed by atoms with Crippen molar-refractivity contribution in [3.8, 4) is 5.88 Å². The van der Waals surface area contributed by atoms with E-state index >= 15 is 0 Å². The largest absolute Gasteiger partial charge is 0.492 e. The molecule has 0 radical (unpaired) electrons. The highest BCUT2D eigenvalue weighted by Gasteiger charge is 2.64. The highest BCUT2D eigenvalue weighted by atomic mass is 32.2. The predicted molar refractivity (Wildman–Crippen MR) is 129 cm³/mol. The Kier molecular flexibility index (Phi) is 5.90. The van der Waals surface area contributed by atoms with E-state index in [1.165, 1.54) is 29.2 Å². The minimum atomic E-state index is -1.26. The van der Waals surface area contributed by atoms with E-state index in [1.807, 2.05) is 0 Å². The summed E-state index contributed by atoms with van der Waals surface area (Å²) in [6.45, 7) is 3.46. The molecule has 5 rings (SSSR count). The number of nitrogens with one attached hydrogen (secondary N) is 2. The number of aliphatic carboxylic acids is 1. The van der Waals surface area contributed by atoms with Crippen LogP contribution in [0.3, 0.4) is 0 Å². The number of hydrogen-bond donors (Lipinski definition) is 4. The number of benzene rings is 1. The molecule has 2 unspecified atom stereocenters. The van der Waals surface area contributed by atoms with Crippen molar-refractivity contribution in [1.82, 2.24) is 35.5 Å². The van der Waals surface area contributed by atoms with E-state index in [0.717, 1.165) is 0 Å². The number of nitrogens with zero attached hydrogens (tertiary/aromatic N) is 5. The molecule has 3 amide bonds. The number of carbonyl (C=O) groups is 4. The molecule has 0 spiro atoms. The molecular formula is C23H21N7O6S. The second-order valence-corrected chi connectivity index (χ2v) is 10.8. The molecule has 13 nitrogen and oxygen atoms in total. The first-order valence-corrected chi connectivity index (χ1v) is 12.0. The summed E-state index contributed by atoms with van der Waals surface area (Å²) < 4.78 is -0.755. The van der Waals surface area contributed by atoms with Gasteiger partial charge in [-0.1, -0.05) is 30.3 Å². The Hall–Kier alpha value is -4.33. The van der Waals surface area contributed by atoms with Crippen LogP contribution in [0.25, 0.3) is 11.2 Å². The SMILES string of the molecule is CC1(C)S[C@@H]2C(NC(=O)C(NC(=O)c3nc4cncnc4nc3O)c3ccccc3)C(=O)N2[C@H]1C(=O)O. The molecule has 3 aromatic rings. The number of thioether (sulfide) groups is 1. The zero-order valence-electron chi connectivity index (χ0n) is 19.5. The van der Waals surface area contributed by atoms with Gasteiger partial charge in [0.2, 0.25) is 17.7 Å². The summed E-state index contributed by atoms with van der Waals surface area (Å²) in [5.41, 5.74) is 0.238. The second kappa shape index (κ2) is 8.96. The Labute approximate surface area is 213 Å². The number of carbonyl (C=O) groups excluding carboxylic acids is 3. The van der Waals surface area contributed by atoms with Crippen LogP contribution in [0.5, 0.6) is 5.88 Å². The van der Waals surface area contributed by atoms with Gasteiger partial charge in [0.15, 0.2) is 11.3 Å². The summed E-state index contributed by atoms with van der Waals surface area (Å²) in [5.74, 6) is -3.88. The van der Waals surface area contributed by atoms with Crippen LogP contribution in [0.4, 0.5) is 0 Å². The van der Waals surface area contributed by atoms with Crippen molar-refractivity contribution >= 4 is 46.6 Å². The standard InChI is InChI=1S/C23H21N7O6S/c1-23(2)15(22(35)36)30-20(34)14(21(30)37-23)28-17(31)12(10-6-4-3-5-7-10)27-18(32)13-19(33)29-16-11(26-13)8-24-9-25-16/h3-9,12,14-15,21H,1-2H3,(H,27,32)(H,28,31)(H,35,36)(H,24,25,29,33)/t12?,14?,15-,21+/m0/s1. The Morgan fingerprint density at radius 1 is 1.16 bits per heavy atom. The lowest BCUT2D eigenvalue weighted by Crippen LogP contribution is -2.71. The van der Waals surface area contributed by atoms with E-state index in [0.29, 0.717) is 5.56 Å². The molecule has 0 saturated carbocycles. The summed E-state index contributed by atoms with van der Waals surface area (Å²) in [7, 11) is 0. The molecule has 2 fully saturated rings. The maximum absolute atomic E-state index is 13.4. The van der Waals surface area contributed by atoms with Crippen molar-refractivity contribution in [3.63, 3.8) is 0 Å². The Morgan fingerprint density at radius 2 is 1.89 bits per heavy atom. The first-order valence-electron chi connectivity index (χ1n) is 11.1. The van der Waals surface area contributed by atoms with Crippen molar-refractivity contribution in [3.05, 3.63) is 54.1 Å². The topological polar surface area (TPSA) is 188 Å². The highest BCUT2D eigenvalue weighted by Crippen LogP contribution is 2.50. The summed E-state index contributed by atoms with van der Waals surface area (Å²) in [6, 6.07) is 5.08. The van der Waals surface area contributed by atoms with Crippen LogP contribution in [0.1, 0.15) is 35.9 Å². The quantitative estimate of drug-likeness (QED) is 0.324. The molecule has 190 valence electrons. The Balaban J connectivity index is 1.39. The molecule has 2 aliphatic heterocycles. The number of fused-ring (bicyclic) bond motifs is 2. The minimum absolute atomic E-state index is 0.0890. The number of carboxylic acids is 1. The van der Waals surface area contributed by atoms with Gasteiger partial charge in [0.25, 0.3) is 5.91 Å². The number of carboxylic acid groups (broad SMARTS) is 1. The van der Waals surface area contributed by atoms with E-state index in [-0.39, 0.29) is 11.2 Å². The molecule has 2 saturated heterocycles. The molecule has 4 N–H and O–H groups in total. The molecule has 4 heterocycles. The molecule has 0 aliphatic carbocycles. The van der Waals surface area contributed by atoms with Gasteiger partial charge >= 0.3 is 5.97 Å². The first kappa shape index (κ1) is 24.4. The number of amides is 3. The average Bonchev–Trinajstić information content (AvgIpc) is 3.13. The number of hydrogen-bond acceptors (Lipinski definition) is 10. The maximum atomic E-state index is 13.4. The second-order valence-electron chi connectivity index (χ2n) is 9.03. The lowest BCUT2D eigenvalue weighted by atomic mass is 9.95. The third kappa shape index (κ3) is 4.18. The van der Waals surface area contributed by atoms with Gasteiger partial charge < -0.3 is 25.7 Å².